The standard InChI is InChI=1S/C17H25BrN2O/c1-21-16-7-6-14(18)12-15(16)17(13-4-2-3-5-13)20-10-8-19-9-11-20/h6-7,12-13,17,19H,2-5,8-11H2,1H3/t17-/m0/s1. The van der Waals surface area contributed by atoms with Gasteiger partial charge in [-0.3, -0.25) is 4.90 Å². The minimum absolute atomic E-state index is 0.502. The Hall–Kier alpha value is -0.580. The summed E-state index contributed by atoms with van der Waals surface area (Å²) in [6, 6.07) is 6.95. The van der Waals surface area contributed by atoms with E-state index < -0.39 is 0 Å². The maximum Gasteiger partial charge on any atom is 0.123 e. The Balaban J connectivity index is 1.95. The Bertz CT molecular complexity index is 468. The quantitative estimate of drug-likeness (QED) is 0.895. The van der Waals surface area contributed by atoms with Crippen LogP contribution in [0.5, 0.6) is 5.75 Å². The molecular weight excluding hydrogens is 328 g/mol. The van der Waals surface area contributed by atoms with E-state index in [9.17, 15) is 0 Å². The van der Waals surface area contributed by atoms with Crippen molar-refractivity contribution in [2.75, 3.05) is 33.3 Å². The lowest BCUT2D eigenvalue weighted by atomic mass is 9.89. The van der Waals surface area contributed by atoms with E-state index >= 15 is 0 Å². The summed E-state index contributed by atoms with van der Waals surface area (Å²) in [4.78, 5) is 2.66. The Kier molecular flexibility index (Phi) is 5.19. The monoisotopic (exact) mass is 352 g/mol. The Morgan fingerprint density at radius 3 is 2.62 bits per heavy atom. The lowest BCUT2D eigenvalue weighted by Gasteiger charge is -2.39. The molecule has 1 heterocycles. The van der Waals surface area contributed by atoms with Gasteiger partial charge in [-0.25, -0.2) is 0 Å². The molecule has 1 aliphatic carbocycles. The van der Waals surface area contributed by atoms with E-state index in [0.717, 1.165) is 42.3 Å². The number of rotatable bonds is 4. The minimum atomic E-state index is 0.502. The van der Waals surface area contributed by atoms with Crippen molar-refractivity contribution in [1.82, 2.24) is 10.2 Å². The van der Waals surface area contributed by atoms with E-state index in [4.69, 9.17) is 4.74 Å². The molecular formula is C17H25BrN2O. The van der Waals surface area contributed by atoms with Gasteiger partial charge in [-0.2, -0.15) is 0 Å². The second kappa shape index (κ2) is 7.12. The molecule has 1 aliphatic heterocycles. The molecule has 0 unspecified atom stereocenters. The topological polar surface area (TPSA) is 24.5 Å². The number of methoxy groups -OCH3 is 1. The number of nitrogens with zero attached hydrogens (tertiary/aromatic N) is 1. The van der Waals surface area contributed by atoms with Crippen molar-refractivity contribution in [3.8, 4) is 5.75 Å². The number of hydrogen-bond donors (Lipinski definition) is 1. The van der Waals surface area contributed by atoms with Crippen LogP contribution in [0.25, 0.3) is 0 Å². The maximum absolute atomic E-state index is 5.67. The molecule has 2 aliphatic rings. The molecule has 116 valence electrons. The van der Waals surface area contributed by atoms with Gasteiger partial charge in [-0.1, -0.05) is 28.8 Å². The first-order valence-corrected chi connectivity index (χ1v) is 8.87. The first-order valence-electron chi connectivity index (χ1n) is 8.08. The van der Waals surface area contributed by atoms with Crippen LogP contribution in [0.2, 0.25) is 0 Å². The van der Waals surface area contributed by atoms with Gasteiger partial charge in [-0.05, 0) is 37.0 Å². The summed E-state index contributed by atoms with van der Waals surface area (Å²) in [6.07, 6.45) is 5.46. The maximum atomic E-state index is 5.67. The summed E-state index contributed by atoms with van der Waals surface area (Å²) in [5.74, 6) is 1.81. The molecule has 1 saturated heterocycles. The molecule has 3 nitrogen and oxygen atoms in total. The van der Waals surface area contributed by atoms with E-state index in [1.807, 2.05) is 0 Å². The fourth-order valence-corrected chi connectivity index (χ4v) is 4.30. The molecule has 1 saturated carbocycles. The first-order chi connectivity index (χ1) is 10.3. The Morgan fingerprint density at radius 1 is 1.24 bits per heavy atom. The molecule has 4 heteroatoms. The average Bonchev–Trinajstić information content (AvgIpc) is 3.03. The molecule has 0 aromatic heterocycles. The van der Waals surface area contributed by atoms with Crippen LogP contribution in [0.15, 0.2) is 22.7 Å². The van der Waals surface area contributed by atoms with Crippen LogP contribution in [0, 0.1) is 5.92 Å². The van der Waals surface area contributed by atoms with Gasteiger partial charge >= 0.3 is 0 Å². The smallest absolute Gasteiger partial charge is 0.123 e. The Morgan fingerprint density at radius 2 is 1.95 bits per heavy atom. The lowest BCUT2D eigenvalue weighted by molar-refractivity contribution is 0.123. The van der Waals surface area contributed by atoms with Gasteiger partial charge in [0, 0.05) is 42.3 Å². The highest BCUT2D eigenvalue weighted by Gasteiger charge is 2.33. The summed E-state index contributed by atoms with van der Waals surface area (Å²) in [5, 5.41) is 3.47. The summed E-state index contributed by atoms with van der Waals surface area (Å²) < 4.78 is 6.82. The van der Waals surface area contributed by atoms with Crippen molar-refractivity contribution in [2.24, 2.45) is 5.92 Å². The molecule has 1 aromatic rings. The van der Waals surface area contributed by atoms with Crippen LogP contribution in [0.3, 0.4) is 0 Å². The molecule has 1 N–H and O–H groups in total. The zero-order valence-corrected chi connectivity index (χ0v) is 14.4. The predicted molar refractivity (Wildman–Crippen MR) is 89.8 cm³/mol. The minimum Gasteiger partial charge on any atom is -0.496 e. The van der Waals surface area contributed by atoms with Crippen LogP contribution >= 0.6 is 15.9 Å². The molecule has 0 bridgehead atoms. The van der Waals surface area contributed by atoms with Crippen molar-refractivity contribution in [3.05, 3.63) is 28.2 Å². The molecule has 0 radical (unpaired) electrons. The molecule has 0 amide bonds. The Labute approximate surface area is 136 Å². The zero-order valence-electron chi connectivity index (χ0n) is 12.8. The van der Waals surface area contributed by atoms with Crippen molar-refractivity contribution in [1.29, 1.82) is 0 Å². The lowest BCUT2D eigenvalue weighted by Crippen LogP contribution is -2.46. The summed E-state index contributed by atoms with van der Waals surface area (Å²) in [6.45, 7) is 4.47. The molecule has 0 spiro atoms. The number of halogens is 1. The third-order valence-corrected chi connectivity index (χ3v) is 5.39. The second-order valence-corrected chi connectivity index (χ2v) is 7.08. The summed E-state index contributed by atoms with van der Waals surface area (Å²) >= 11 is 3.64. The largest absolute Gasteiger partial charge is 0.496 e. The number of ether oxygens (including phenoxy) is 1. The van der Waals surface area contributed by atoms with Crippen molar-refractivity contribution in [2.45, 2.75) is 31.7 Å². The first kappa shape index (κ1) is 15.3. The van der Waals surface area contributed by atoms with Gasteiger partial charge in [0.05, 0.1) is 7.11 Å². The molecule has 1 atom stereocenters. The van der Waals surface area contributed by atoms with Gasteiger partial charge in [0.15, 0.2) is 0 Å². The summed E-state index contributed by atoms with van der Waals surface area (Å²) in [7, 11) is 1.79. The third-order valence-electron chi connectivity index (χ3n) is 4.90. The van der Waals surface area contributed by atoms with Gasteiger partial charge in [0.1, 0.15) is 5.75 Å². The molecule has 21 heavy (non-hydrogen) atoms. The fourth-order valence-electron chi connectivity index (χ4n) is 3.92. The third kappa shape index (κ3) is 3.43. The molecule has 2 fully saturated rings. The van der Waals surface area contributed by atoms with Crippen LogP contribution in [0.4, 0.5) is 0 Å². The van der Waals surface area contributed by atoms with Crippen molar-refractivity contribution in [3.63, 3.8) is 0 Å². The van der Waals surface area contributed by atoms with E-state index in [0.29, 0.717) is 6.04 Å². The van der Waals surface area contributed by atoms with Gasteiger partial charge in [0.25, 0.3) is 0 Å². The SMILES string of the molecule is COc1ccc(Br)cc1[C@H](C1CCCC1)N1CCNCC1. The van der Waals surface area contributed by atoms with Crippen LogP contribution in [-0.2, 0) is 0 Å². The van der Waals surface area contributed by atoms with Crippen LogP contribution in [-0.4, -0.2) is 38.2 Å². The highest BCUT2D eigenvalue weighted by Crippen LogP contribution is 2.43. The van der Waals surface area contributed by atoms with Gasteiger partial charge in [-0.15, -0.1) is 0 Å². The van der Waals surface area contributed by atoms with Crippen LogP contribution < -0.4 is 10.1 Å². The molecule has 1 aromatic carbocycles. The summed E-state index contributed by atoms with van der Waals surface area (Å²) in [5.41, 5.74) is 1.36. The average molecular weight is 353 g/mol. The normalized spacial score (nSPS) is 22.4. The van der Waals surface area contributed by atoms with E-state index in [1.165, 1.54) is 31.2 Å². The molecule has 3 rings (SSSR count). The van der Waals surface area contributed by atoms with Crippen LogP contribution in [0.1, 0.15) is 37.3 Å². The highest BCUT2D eigenvalue weighted by molar-refractivity contribution is 9.10. The van der Waals surface area contributed by atoms with E-state index in [2.05, 4.69) is 44.3 Å². The van der Waals surface area contributed by atoms with E-state index in [1.54, 1.807) is 7.11 Å². The number of piperazine rings is 1. The van der Waals surface area contributed by atoms with Crippen molar-refractivity contribution >= 4 is 15.9 Å². The highest BCUT2D eigenvalue weighted by atomic mass is 79.9. The number of hydrogen-bond acceptors (Lipinski definition) is 3. The van der Waals surface area contributed by atoms with Gasteiger partial charge < -0.3 is 10.1 Å². The van der Waals surface area contributed by atoms with Gasteiger partial charge in [0.2, 0.25) is 0 Å². The predicted octanol–water partition coefficient (Wildman–Crippen LogP) is 3.59. The second-order valence-electron chi connectivity index (χ2n) is 6.16. The van der Waals surface area contributed by atoms with Crippen molar-refractivity contribution < 1.29 is 4.74 Å². The number of nitrogens with one attached hydrogen (secondary N) is 1. The zero-order chi connectivity index (χ0) is 14.7. The number of benzene rings is 1. The fraction of sp³-hybridized carbons (Fsp3) is 0.647. The van der Waals surface area contributed by atoms with E-state index in [-0.39, 0.29) is 0 Å².